The van der Waals surface area contributed by atoms with Crippen LogP contribution in [0.1, 0.15) is 32.1 Å². The molecule has 0 aromatic heterocycles. The molecular formula is C12H20O. The number of hydrogen-bond donors (Lipinski definition) is 1. The summed E-state index contributed by atoms with van der Waals surface area (Å²) in [6, 6.07) is 0. The number of aliphatic hydroxyl groups excluding tert-OH is 1. The lowest BCUT2D eigenvalue weighted by molar-refractivity contribution is 0.122. The molecule has 0 aromatic rings. The lowest BCUT2D eigenvalue weighted by Gasteiger charge is -2.30. The van der Waals surface area contributed by atoms with Gasteiger partial charge in [0.25, 0.3) is 0 Å². The van der Waals surface area contributed by atoms with Gasteiger partial charge in [0.15, 0.2) is 0 Å². The molecule has 0 bridgehead atoms. The SMILES string of the molecule is C=CC(O)C(C=C)C1CCCCC1. The van der Waals surface area contributed by atoms with Gasteiger partial charge in [0, 0.05) is 5.92 Å². The van der Waals surface area contributed by atoms with E-state index in [2.05, 4.69) is 13.2 Å². The van der Waals surface area contributed by atoms with Crippen molar-refractivity contribution in [1.82, 2.24) is 0 Å². The predicted molar refractivity (Wildman–Crippen MR) is 56.5 cm³/mol. The summed E-state index contributed by atoms with van der Waals surface area (Å²) >= 11 is 0. The van der Waals surface area contributed by atoms with Gasteiger partial charge in [0.1, 0.15) is 0 Å². The molecule has 2 atom stereocenters. The number of hydrogen-bond acceptors (Lipinski definition) is 1. The van der Waals surface area contributed by atoms with Crippen molar-refractivity contribution in [2.24, 2.45) is 11.8 Å². The standard InChI is InChI=1S/C12H20O/c1-3-11(12(13)4-2)10-8-6-5-7-9-10/h3-4,10-13H,1-2,5-9H2. The minimum Gasteiger partial charge on any atom is -0.388 e. The summed E-state index contributed by atoms with van der Waals surface area (Å²) in [5.74, 6) is 0.844. The Bertz CT molecular complexity index is 168. The first-order valence-corrected chi connectivity index (χ1v) is 5.22. The molecule has 0 aliphatic heterocycles. The fraction of sp³-hybridized carbons (Fsp3) is 0.667. The third kappa shape index (κ3) is 2.70. The molecule has 1 saturated carbocycles. The highest BCUT2D eigenvalue weighted by Crippen LogP contribution is 2.32. The van der Waals surface area contributed by atoms with Crippen LogP contribution in [-0.4, -0.2) is 11.2 Å². The van der Waals surface area contributed by atoms with Gasteiger partial charge in [-0.2, -0.15) is 0 Å². The monoisotopic (exact) mass is 180 g/mol. The smallest absolute Gasteiger partial charge is 0.0783 e. The van der Waals surface area contributed by atoms with Crippen molar-refractivity contribution in [2.75, 3.05) is 0 Å². The molecule has 1 rings (SSSR count). The van der Waals surface area contributed by atoms with Crippen molar-refractivity contribution in [3.8, 4) is 0 Å². The fourth-order valence-corrected chi connectivity index (χ4v) is 2.29. The quantitative estimate of drug-likeness (QED) is 0.659. The van der Waals surface area contributed by atoms with Gasteiger partial charge in [0.2, 0.25) is 0 Å². The molecule has 0 heterocycles. The molecule has 13 heavy (non-hydrogen) atoms. The van der Waals surface area contributed by atoms with E-state index in [1.54, 1.807) is 6.08 Å². The summed E-state index contributed by atoms with van der Waals surface area (Å²) in [5, 5.41) is 9.68. The van der Waals surface area contributed by atoms with Crippen LogP contribution in [0.3, 0.4) is 0 Å². The summed E-state index contributed by atoms with van der Waals surface area (Å²) in [6.45, 7) is 7.42. The largest absolute Gasteiger partial charge is 0.388 e. The van der Waals surface area contributed by atoms with Gasteiger partial charge >= 0.3 is 0 Å². The van der Waals surface area contributed by atoms with Crippen molar-refractivity contribution in [3.05, 3.63) is 25.3 Å². The van der Waals surface area contributed by atoms with E-state index in [1.807, 2.05) is 6.08 Å². The van der Waals surface area contributed by atoms with E-state index in [9.17, 15) is 5.11 Å². The molecule has 1 heteroatoms. The number of aliphatic hydroxyl groups is 1. The Balaban J connectivity index is 2.53. The molecule has 2 unspecified atom stereocenters. The highest BCUT2D eigenvalue weighted by Gasteiger charge is 2.25. The summed E-state index contributed by atoms with van der Waals surface area (Å²) in [5.41, 5.74) is 0. The van der Waals surface area contributed by atoms with Gasteiger partial charge in [-0.1, -0.05) is 31.4 Å². The zero-order valence-corrected chi connectivity index (χ0v) is 8.28. The third-order valence-corrected chi connectivity index (χ3v) is 3.10. The molecule has 0 saturated heterocycles. The normalized spacial score (nSPS) is 23.5. The summed E-state index contributed by atoms with van der Waals surface area (Å²) < 4.78 is 0. The highest BCUT2D eigenvalue weighted by molar-refractivity contribution is 4.97. The molecule has 0 aromatic carbocycles. The van der Waals surface area contributed by atoms with E-state index in [4.69, 9.17) is 0 Å². The summed E-state index contributed by atoms with van der Waals surface area (Å²) in [7, 11) is 0. The summed E-state index contributed by atoms with van der Waals surface area (Å²) in [4.78, 5) is 0. The maximum absolute atomic E-state index is 9.68. The average molecular weight is 180 g/mol. The van der Waals surface area contributed by atoms with Gasteiger partial charge in [-0.3, -0.25) is 0 Å². The molecule has 74 valence electrons. The first-order chi connectivity index (χ1) is 6.29. The lowest BCUT2D eigenvalue weighted by atomic mass is 9.77. The van der Waals surface area contributed by atoms with E-state index in [0.29, 0.717) is 5.92 Å². The van der Waals surface area contributed by atoms with Gasteiger partial charge in [-0.25, -0.2) is 0 Å². The molecular weight excluding hydrogens is 160 g/mol. The van der Waals surface area contributed by atoms with Crippen LogP contribution in [0.25, 0.3) is 0 Å². The van der Waals surface area contributed by atoms with Crippen molar-refractivity contribution < 1.29 is 5.11 Å². The zero-order chi connectivity index (χ0) is 9.68. The average Bonchev–Trinajstić information content (AvgIpc) is 2.20. The van der Waals surface area contributed by atoms with Gasteiger partial charge in [0.05, 0.1) is 6.10 Å². The Kier molecular flexibility index (Phi) is 4.23. The van der Waals surface area contributed by atoms with E-state index in [1.165, 1.54) is 32.1 Å². The maximum atomic E-state index is 9.68. The minimum atomic E-state index is -0.402. The van der Waals surface area contributed by atoms with Crippen LogP contribution < -0.4 is 0 Å². The fourth-order valence-electron chi connectivity index (χ4n) is 2.29. The summed E-state index contributed by atoms with van der Waals surface area (Å²) in [6.07, 6.45) is 9.55. The topological polar surface area (TPSA) is 20.2 Å². The van der Waals surface area contributed by atoms with Crippen LogP contribution in [0.15, 0.2) is 25.3 Å². The first-order valence-electron chi connectivity index (χ1n) is 5.22. The Morgan fingerprint density at radius 3 is 2.15 bits per heavy atom. The second kappa shape index (κ2) is 5.23. The maximum Gasteiger partial charge on any atom is 0.0783 e. The Labute approximate surface area is 81.2 Å². The van der Waals surface area contributed by atoms with Crippen molar-refractivity contribution in [2.45, 2.75) is 38.2 Å². The van der Waals surface area contributed by atoms with Crippen LogP contribution in [0, 0.1) is 11.8 Å². The van der Waals surface area contributed by atoms with Crippen molar-refractivity contribution in [3.63, 3.8) is 0 Å². The first kappa shape index (κ1) is 10.5. The molecule has 1 aliphatic rings. The van der Waals surface area contributed by atoms with Crippen LogP contribution >= 0.6 is 0 Å². The molecule has 1 N–H and O–H groups in total. The van der Waals surface area contributed by atoms with Crippen LogP contribution in [0.5, 0.6) is 0 Å². The van der Waals surface area contributed by atoms with E-state index in [0.717, 1.165) is 0 Å². The van der Waals surface area contributed by atoms with E-state index >= 15 is 0 Å². The minimum absolute atomic E-state index is 0.220. The zero-order valence-electron chi connectivity index (χ0n) is 8.28. The van der Waals surface area contributed by atoms with Gasteiger partial charge < -0.3 is 5.11 Å². The Hall–Kier alpha value is -0.560. The predicted octanol–water partition coefficient (Wildman–Crippen LogP) is 2.92. The van der Waals surface area contributed by atoms with Crippen LogP contribution in [0.4, 0.5) is 0 Å². The van der Waals surface area contributed by atoms with Crippen molar-refractivity contribution >= 4 is 0 Å². The molecule has 1 nitrogen and oxygen atoms in total. The van der Waals surface area contributed by atoms with Crippen LogP contribution in [0.2, 0.25) is 0 Å². The van der Waals surface area contributed by atoms with Crippen LogP contribution in [-0.2, 0) is 0 Å². The molecule has 1 fully saturated rings. The molecule has 1 aliphatic carbocycles. The lowest BCUT2D eigenvalue weighted by Crippen LogP contribution is -2.26. The molecule has 0 spiro atoms. The highest BCUT2D eigenvalue weighted by atomic mass is 16.3. The van der Waals surface area contributed by atoms with E-state index in [-0.39, 0.29) is 5.92 Å². The number of rotatable bonds is 4. The van der Waals surface area contributed by atoms with Gasteiger partial charge in [-0.05, 0) is 18.8 Å². The third-order valence-electron chi connectivity index (χ3n) is 3.10. The van der Waals surface area contributed by atoms with Gasteiger partial charge in [-0.15, -0.1) is 13.2 Å². The Morgan fingerprint density at radius 2 is 1.69 bits per heavy atom. The Morgan fingerprint density at radius 1 is 1.08 bits per heavy atom. The molecule has 0 amide bonds. The van der Waals surface area contributed by atoms with Crippen molar-refractivity contribution in [1.29, 1.82) is 0 Å². The van der Waals surface area contributed by atoms with E-state index < -0.39 is 6.10 Å². The molecule has 0 radical (unpaired) electrons. The second-order valence-electron chi connectivity index (χ2n) is 3.94. The second-order valence-corrected chi connectivity index (χ2v) is 3.94.